The molecule has 4 aromatic heterocycles. The SMILES string of the molecule is C=C1C(=O)N(CC(CCCCCCCCCC)CCCCCCCCCCCC)C(c2ccc3nc(-c4ccc(C(C)(C)C)s4)sc3c2)=C1C(=O)N(CC(CCCCCCCCCC)CCCCCCCCCCCC)c1ccc2nc(-c3ccc(C(C)(C)C)s3)sc2c1. The highest BCUT2D eigenvalue weighted by Crippen LogP contribution is 2.45. The standard InChI is InChI=1S/C84H128N4O2S4/c1-12-16-20-24-28-32-34-38-42-45-49-65(48-44-40-36-30-26-22-18-14-3)62-87(68-53-55-70-74(61-68)94-80(86-70)72-57-59-76(92-72)84(9,10)11)82(90)77-64(5)81(89)88(78(77)67-52-54-69-73(60-67)93-79(85-69)71-56-58-75(91-71)83(6,7)8)63-66(50-46-41-37-31-27-23-19-15-4)51-47-43-39-35-33-29-25-21-17-13-2/h52-61,65-66H,5,12-51,62-63H2,1-4,6-11H3. The van der Waals surface area contributed by atoms with E-state index in [1.165, 1.54) is 251 Å². The Labute approximate surface area is 589 Å². The van der Waals surface area contributed by atoms with Crippen LogP contribution in [-0.4, -0.2) is 39.8 Å². The minimum absolute atomic E-state index is 0.0487. The van der Waals surface area contributed by atoms with Crippen LogP contribution in [0.25, 0.3) is 45.9 Å². The van der Waals surface area contributed by atoms with Crippen molar-refractivity contribution in [3.63, 3.8) is 0 Å². The van der Waals surface area contributed by atoms with Crippen LogP contribution < -0.4 is 4.90 Å². The summed E-state index contributed by atoms with van der Waals surface area (Å²) < 4.78 is 2.14. The van der Waals surface area contributed by atoms with E-state index >= 15 is 9.59 Å². The Balaban J connectivity index is 1.29. The second kappa shape index (κ2) is 41.4. The van der Waals surface area contributed by atoms with Crippen LogP contribution in [0.15, 0.2) is 78.4 Å². The molecule has 5 heterocycles. The van der Waals surface area contributed by atoms with Crippen LogP contribution in [-0.2, 0) is 20.4 Å². The average Bonchev–Trinajstić information content (AvgIpc) is 1.59. The highest BCUT2D eigenvalue weighted by Gasteiger charge is 2.41. The van der Waals surface area contributed by atoms with Crippen molar-refractivity contribution in [2.24, 2.45) is 11.8 Å². The van der Waals surface area contributed by atoms with E-state index in [0.717, 1.165) is 73.1 Å². The maximum absolute atomic E-state index is 16.8. The Bertz CT molecular complexity index is 3190. The molecule has 0 saturated heterocycles. The van der Waals surface area contributed by atoms with Gasteiger partial charge in [-0.1, -0.05) is 313 Å². The first kappa shape index (κ1) is 77.4. The molecule has 2 aromatic carbocycles. The Morgan fingerprint density at radius 2 is 0.819 bits per heavy atom. The van der Waals surface area contributed by atoms with E-state index in [9.17, 15) is 0 Å². The first-order valence-electron chi connectivity index (χ1n) is 38.6. The van der Waals surface area contributed by atoms with Crippen LogP contribution in [0, 0.1) is 11.8 Å². The van der Waals surface area contributed by atoms with Crippen molar-refractivity contribution in [2.75, 3.05) is 18.0 Å². The van der Waals surface area contributed by atoms with Crippen molar-refractivity contribution in [1.82, 2.24) is 14.9 Å². The van der Waals surface area contributed by atoms with Gasteiger partial charge in [0.25, 0.3) is 11.8 Å². The van der Waals surface area contributed by atoms with Crippen LogP contribution in [0.1, 0.15) is 341 Å². The van der Waals surface area contributed by atoms with Gasteiger partial charge >= 0.3 is 0 Å². The predicted molar refractivity (Wildman–Crippen MR) is 418 cm³/mol. The number of hydrogen-bond donors (Lipinski definition) is 0. The van der Waals surface area contributed by atoms with Gasteiger partial charge in [0.15, 0.2) is 0 Å². The minimum atomic E-state index is -0.116. The highest BCUT2D eigenvalue weighted by molar-refractivity contribution is 7.26. The van der Waals surface area contributed by atoms with E-state index in [1.807, 2.05) is 27.6 Å². The summed E-state index contributed by atoms with van der Waals surface area (Å²) in [4.78, 5) is 52.2. The van der Waals surface area contributed by atoms with Crippen LogP contribution in [0.4, 0.5) is 5.69 Å². The summed E-state index contributed by atoms with van der Waals surface area (Å²) in [6, 6.07) is 22.1. The van der Waals surface area contributed by atoms with E-state index < -0.39 is 0 Å². The molecule has 1 aliphatic heterocycles. The summed E-state index contributed by atoms with van der Waals surface area (Å²) in [7, 11) is 0. The first-order valence-corrected chi connectivity index (χ1v) is 41.9. The lowest BCUT2D eigenvalue weighted by Gasteiger charge is -2.30. The van der Waals surface area contributed by atoms with Crippen LogP contribution in [0.2, 0.25) is 0 Å². The molecule has 0 fully saturated rings. The molecule has 2 amide bonds. The van der Waals surface area contributed by atoms with E-state index in [4.69, 9.17) is 16.5 Å². The fourth-order valence-corrected chi connectivity index (χ4v) is 18.3. The molecule has 0 bridgehead atoms. The van der Waals surface area contributed by atoms with Crippen LogP contribution in [0.3, 0.4) is 0 Å². The van der Waals surface area contributed by atoms with Crippen LogP contribution in [0.5, 0.6) is 0 Å². The third-order valence-electron chi connectivity index (χ3n) is 20.0. The fraction of sp³-hybridized carbons (Fsp3) is 0.667. The number of nitrogens with zero attached hydrogens (tertiary/aromatic N) is 4. The molecule has 2 unspecified atom stereocenters. The monoisotopic (exact) mass is 1350 g/mol. The number of anilines is 1. The number of aromatic nitrogens is 2. The summed E-state index contributed by atoms with van der Waals surface area (Å²) >= 11 is 7.11. The molecule has 0 saturated carbocycles. The molecule has 6 aromatic rings. The lowest BCUT2D eigenvalue weighted by molar-refractivity contribution is -0.124. The van der Waals surface area contributed by atoms with Gasteiger partial charge in [-0.25, -0.2) is 9.97 Å². The van der Waals surface area contributed by atoms with Crippen molar-refractivity contribution >= 4 is 89.0 Å². The Morgan fingerprint density at radius 1 is 0.457 bits per heavy atom. The zero-order valence-electron chi connectivity index (χ0n) is 61.1. The normalized spacial score (nSPS) is 13.9. The number of amides is 2. The fourth-order valence-electron chi connectivity index (χ4n) is 14.0. The van der Waals surface area contributed by atoms with E-state index in [-0.39, 0.29) is 22.6 Å². The largest absolute Gasteiger partial charge is 0.308 e. The lowest BCUT2D eigenvalue weighted by atomic mass is 9.92. The number of thiophene rings is 2. The van der Waals surface area contributed by atoms with Crippen molar-refractivity contribution in [1.29, 1.82) is 0 Å². The van der Waals surface area contributed by atoms with Crippen molar-refractivity contribution in [3.8, 4) is 19.8 Å². The quantitative estimate of drug-likeness (QED) is 0.0282. The third kappa shape index (κ3) is 24.8. The van der Waals surface area contributed by atoms with Gasteiger partial charge in [-0.3, -0.25) is 9.59 Å². The van der Waals surface area contributed by atoms with Crippen LogP contribution >= 0.6 is 45.3 Å². The van der Waals surface area contributed by atoms with Crippen molar-refractivity contribution in [2.45, 2.75) is 337 Å². The number of benzene rings is 2. The van der Waals surface area contributed by atoms with Gasteiger partial charge in [0, 0.05) is 39.7 Å². The number of unbranched alkanes of at least 4 members (excludes halogenated alkanes) is 32. The summed E-state index contributed by atoms with van der Waals surface area (Å²) in [5.74, 6) is 0.390. The predicted octanol–water partition coefficient (Wildman–Crippen LogP) is 28.0. The van der Waals surface area contributed by atoms with Gasteiger partial charge < -0.3 is 9.80 Å². The second-order valence-corrected chi connectivity index (χ2v) is 34.7. The number of rotatable bonds is 49. The first-order chi connectivity index (χ1) is 45.5. The second-order valence-electron chi connectivity index (χ2n) is 30.4. The molecule has 520 valence electrons. The summed E-state index contributed by atoms with van der Waals surface area (Å²) in [5, 5.41) is 2.03. The number of fused-ring (bicyclic) bond motifs is 2. The molecular formula is C84H128N4O2S4. The average molecular weight is 1350 g/mol. The zero-order valence-corrected chi connectivity index (χ0v) is 64.3. The molecule has 2 atom stereocenters. The third-order valence-corrected chi connectivity index (χ3v) is 25.4. The maximum Gasteiger partial charge on any atom is 0.261 e. The van der Waals surface area contributed by atoms with E-state index in [0.29, 0.717) is 36.1 Å². The summed E-state index contributed by atoms with van der Waals surface area (Å²) in [6.07, 6.45) is 50.9. The molecule has 94 heavy (non-hydrogen) atoms. The smallest absolute Gasteiger partial charge is 0.261 e. The molecule has 10 heteroatoms. The van der Waals surface area contributed by atoms with E-state index in [2.05, 4.69) is 135 Å². The summed E-state index contributed by atoms with van der Waals surface area (Å²) in [5.41, 5.74) is 5.31. The van der Waals surface area contributed by atoms with Gasteiger partial charge in [0.05, 0.1) is 41.5 Å². The molecule has 7 rings (SSSR count). The molecule has 6 nitrogen and oxygen atoms in total. The van der Waals surface area contributed by atoms with Gasteiger partial charge in [0.2, 0.25) is 0 Å². The lowest BCUT2D eigenvalue weighted by Crippen LogP contribution is -2.37. The van der Waals surface area contributed by atoms with Gasteiger partial charge in [-0.05, 0) is 103 Å². The van der Waals surface area contributed by atoms with E-state index in [1.54, 1.807) is 22.7 Å². The molecule has 0 aliphatic carbocycles. The minimum Gasteiger partial charge on any atom is -0.308 e. The number of thiazole rings is 2. The highest BCUT2D eigenvalue weighted by atomic mass is 32.1. The van der Waals surface area contributed by atoms with Gasteiger partial charge in [-0.15, -0.1) is 45.3 Å². The molecule has 0 spiro atoms. The molecule has 1 aliphatic rings. The number of hydrogen-bond acceptors (Lipinski definition) is 8. The zero-order chi connectivity index (χ0) is 67.1. The van der Waals surface area contributed by atoms with Crippen molar-refractivity contribution < 1.29 is 9.59 Å². The molecule has 0 N–H and O–H groups in total. The maximum atomic E-state index is 16.8. The number of carbonyl (C=O) groups excluding carboxylic acids is 2. The molecular weight excluding hydrogens is 1230 g/mol. The summed E-state index contributed by atoms with van der Waals surface area (Å²) in [6.45, 7) is 28.8. The molecule has 0 radical (unpaired) electrons. The van der Waals surface area contributed by atoms with Crippen molar-refractivity contribution in [3.05, 3.63) is 93.7 Å². The van der Waals surface area contributed by atoms with Gasteiger partial charge in [0.1, 0.15) is 10.0 Å². The number of carbonyl (C=O) groups is 2. The topological polar surface area (TPSA) is 66.4 Å². The Hall–Kier alpha value is -3.96. The Morgan fingerprint density at radius 3 is 1.20 bits per heavy atom. The Kier molecular flexibility index (Phi) is 34.1. The van der Waals surface area contributed by atoms with Gasteiger partial charge in [-0.2, -0.15) is 0 Å².